The molecule has 0 bridgehead atoms. The lowest BCUT2D eigenvalue weighted by Crippen LogP contribution is -2.20. The molecule has 0 aliphatic heterocycles. The molecule has 0 saturated carbocycles. The van der Waals surface area contributed by atoms with Gasteiger partial charge in [0.2, 0.25) is 0 Å². The van der Waals surface area contributed by atoms with Crippen molar-refractivity contribution in [1.82, 2.24) is 5.32 Å². The summed E-state index contributed by atoms with van der Waals surface area (Å²) in [5.41, 5.74) is 0. The van der Waals surface area contributed by atoms with Gasteiger partial charge in [-0.3, -0.25) is 4.99 Å². The first-order valence-electron chi connectivity index (χ1n) is 10.8. The third-order valence-corrected chi connectivity index (χ3v) is 5.41. The van der Waals surface area contributed by atoms with Crippen molar-refractivity contribution in [3.05, 3.63) is 0 Å². The summed E-state index contributed by atoms with van der Waals surface area (Å²) in [6.45, 7) is 8.39. The fourth-order valence-corrected chi connectivity index (χ4v) is 3.92. The minimum Gasteiger partial charge on any atom is -0.365 e. The molecule has 0 saturated heterocycles. The maximum atomic E-state index is 4.49. The van der Waals surface area contributed by atoms with Gasteiger partial charge < -0.3 is 5.32 Å². The molecule has 0 radical (unpaired) electrons. The maximum absolute atomic E-state index is 4.49. The highest BCUT2D eigenvalue weighted by molar-refractivity contribution is 8.93. The lowest BCUT2D eigenvalue weighted by atomic mass is 10.0. The second-order valence-corrected chi connectivity index (χ2v) is 7.84. The minimum atomic E-state index is 0. The van der Waals surface area contributed by atoms with E-state index in [-0.39, 0.29) is 17.0 Å². The van der Waals surface area contributed by atoms with E-state index in [1.54, 1.807) is 0 Å². The first kappa shape index (κ1) is 27.5. The van der Waals surface area contributed by atoms with Crippen LogP contribution in [-0.2, 0) is 0 Å². The Labute approximate surface area is 173 Å². The molecule has 0 aromatic heterocycles. The van der Waals surface area contributed by atoms with Crippen LogP contribution in [0.15, 0.2) is 4.99 Å². The Morgan fingerprint density at radius 1 is 0.680 bits per heavy atom. The summed E-state index contributed by atoms with van der Waals surface area (Å²) in [5.74, 6) is 1.21. The molecular weight excluding hydrogens is 392 g/mol. The fourth-order valence-electron chi connectivity index (χ4n) is 2.91. The van der Waals surface area contributed by atoms with Gasteiger partial charge in [0.15, 0.2) is 5.17 Å². The van der Waals surface area contributed by atoms with Gasteiger partial charge >= 0.3 is 0 Å². The molecule has 0 atom stereocenters. The second kappa shape index (κ2) is 24.3. The van der Waals surface area contributed by atoms with Crippen LogP contribution in [0.25, 0.3) is 0 Å². The fraction of sp³-hybridized carbons (Fsp3) is 0.952. The molecule has 0 aliphatic carbocycles. The molecule has 0 fully saturated rings. The summed E-state index contributed by atoms with van der Waals surface area (Å²) >= 11 is 1.89. The van der Waals surface area contributed by atoms with Gasteiger partial charge in [0, 0.05) is 18.8 Å². The van der Waals surface area contributed by atoms with Crippen molar-refractivity contribution < 1.29 is 0 Å². The second-order valence-electron chi connectivity index (χ2n) is 6.75. The number of halogens is 1. The third-order valence-electron chi connectivity index (χ3n) is 4.37. The average Bonchev–Trinajstić information content (AvgIpc) is 2.58. The molecule has 25 heavy (non-hydrogen) atoms. The molecule has 0 aromatic rings. The van der Waals surface area contributed by atoms with Crippen molar-refractivity contribution >= 4 is 33.9 Å². The molecule has 2 nitrogen and oxygen atoms in total. The van der Waals surface area contributed by atoms with Gasteiger partial charge in [-0.25, -0.2) is 0 Å². The number of thioether (sulfide) groups is 1. The summed E-state index contributed by atoms with van der Waals surface area (Å²) in [5, 5.41) is 4.48. The number of nitrogens with one attached hydrogen (secondary N) is 1. The van der Waals surface area contributed by atoms with Crippen molar-refractivity contribution in [2.75, 3.05) is 18.8 Å². The van der Waals surface area contributed by atoms with Gasteiger partial charge in [0.25, 0.3) is 0 Å². The van der Waals surface area contributed by atoms with Gasteiger partial charge in [0.05, 0.1) is 0 Å². The van der Waals surface area contributed by atoms with Crippen LogP contribution >= 0.6 is 28.7 Å². The smallest absolute Gasteiger partial charge is 0.156 e. The molecule has 0 heterocycles. The minimum absolute atomic E-state index is 0. The Morgan fingerprint density at radius 3 is 1.52 bits per heavy atom. The monoisotopic (exact) mass is 436 g/mol. The molecule has 1 N–H and O–H groups in total. The SMILES string of the molecule is Br.CCCCCCCCCCCCCCCCSC(=NCC)NCC. The molecule has 0 spiro atoms. The van der Waals surface area contributed by atoms with Crippen molar-refractivity contribution in [3.63, 3.8) is 0 Å². The van der Waals surface area contributed by atoms with Crippen LogP contribution in [0, 0.1) is 0 Å². The first-order valence-corrected chi connectivity index (χ1v) is 11.7. The summed E-state index contributed by atoms with van der Waals surface area (Å²) in [7, 11) is 0. The number of amidine groups is 1. The van der Waals surface area contributed by atoms with E-state index in [0.717, 1.165) is 18.3 Å². The maximum Gasteiger partial charge on any atom is 0.156 e. The molecule has 0 rings (SSSR count). The summed E-state index contributed by atoms with van der Waals surface area (Å²) in [4.78, 5) is 4.49. The van der Waals surface area contributed by atoms with Crippen LogP contribution in [-0.4, -0.2) is 24.0 Å². The van der Waals surface area contributed by atoms with Crippen molar-refractivity contribution in [1.29, 1.82) is 0 Å². The summed E-state index contributed by atoms with van der Waals surface area (Å²) in [6, 6.07) is 0. The van der Waals surface area contributed by atoms with E-state index in [9.17, 15) is 0 Å². The summed E-state index contributed by atoms with van der Waals surface area (Å²) in [6.07, 6.45) is 20.0. The van der Waals surface area contributed by atoms with Crippen LogP contribution in [0.4, 0.5) is 0 Å². The lowest BCUT2D eigenvalue weighted by molar-refractivity contribution is 0.538. The average molecular weight is 438 g/mol. The van der Waals surface area contributed by atoms with Gasteiger partial charge in [-0.15, -0.1) is 17.0 Å². The standard InChI is InChI=1S/C21H44N2S.BrH/c1-4-7-8-9-10-11-12-13-14-15-16-17-18-19-20-24-21(22-5-2)23-6-3;/h4-20H2,1-3H3,(H,22,23);1H. The highest BCUT2D eigenvalue weighted by Gasteiger charge is 1.98. The van der Waals surface area contributed by atoms with Gasteiger partial charge in [-0.2, -0.15) is 0 Å². The molecule has 0 aromatic carbocycles. The van der Waals surface area contributed by atoms with E-state index in [4.69, 9.17) is 0 Å². The van der Waals surface area contributed by atoms with E-state index in [2.05, 4.69) is 31.1 Å². The van der Waals surface area contributed by atoms with E-state index in [0.29, 0.717) is 0 Å². The van der Waals surface area contributed by atoms with Crippen molar-refractivity contribution in [3.8, 4) is 0 Å². The van der Waals surface area contributed by atoms with Crippen LogP contribution in [0.3, 0.4) is 0 Å². The zero-order chi connectivity index (χ0) is 17.7. The van der Waals surface area contributed by atoms with E-state index in [1.165, 1.54) is 95.6 Å². The van der Waals surface area contributed by atoms with Gasteiger partial charge in [0.1, 0.15) is 0 Å². The highest BCUT2D eigenvalue weighted by Crippen LogP contribution is 2.14. The predicted molar refractivity (Wildman–Crippen MR) is 125 cm³/mol. The summed E-state index contributed by atoms with van der Waals surface area (Å²) < 4.78 is 0. The number of hydrogen-bond acceptors (Lipinski definition) is 2. The third kappa shape index (κ3) is 22.3. The molecule has 4 heteroatoms. The largest absolute Gasteiger partial charge is 0.365 e. The number of hydrogen-bond donors (Lipinski definition) is 1. The van der Waals surface area contributed by atoms with Crippen LogP contribution < -0.4 is 5.32 Å². The Bertz CT molecular complexity index is 273. The highest BCUT2D eigenvalue weighted by atomic mass is 79.9. The lowest BCUT2D eigenvalue weighted by Gasteiger charge is -2.07. The van der Waals surface area contributed by atoms with Crippen molar-refractivity contribution in [2.24, 2.45) is 4.99 Å². The number of nitrogens with zero attached hydrogens (tertiary/aromatic N) is 1. The number of aliphatic imine (C=N–C) groups is 1. The van der Waals surface area contributed by atoms with Gasteiger partial charge in [-0.1, -0.05) is 102 Å². The normalized spacial score (nSPS) is 11.4. The first-order chi connectivity index (χ1) is 11.8. The van der Waals surface area contributed by atoms with E-state index >= 15 is 0 Å². The Hall–Kier alpha value is 0.300. The number of rotatable bonds is 17. The van der Waals surface area contributed by atoms with E-state index < -0.39 is 0 Å². The topological polar surface area (TPSA) is 24.4 Å². The molecular formula is C21H45BrN2S. The Morgan fingerprint density at radius 2 is 1.12 bits per heavy atom. The molecule has 152 valence electrons. The zero-order valence-electron chi connectivity index (χ0n) is 17.3. The van der Waals surface area contributed by atoms with E-state index in [1.807, 2.05) is 11.8 Å². The molecule has 0 aliphatic rings. The van der Waals surface area contributed by atoms with Crippen LogP contribution in [0.1, 0.15) is 111 Å². The predicted octanol–water partition coefficient (Wildman–Crippen LogP) is 7.76. The zero-order valence-corrected chi connectivity index (χ0v) is 19.8. The van der Waals surface area contributed by atoms with Gasteiger partial charge in [-0.05, 0) is 20.3 Å². The Balaban J connectivity index is 0. The quantitative estimate of drug-likeness (QED) is 0.143. The molecule has 0 unspecified atom stereocenters. The van der Waals surface area contributed by atoms with Crippen LogP contribution in [0.2, 0.25) is 0 Å². The number of unbranched alkanes of at least 4 members (excludes halogenated alkanes) is 13. The molecule has 0 amide bonds. The van der Waals surface area contributed by atoms with Crippen LogP contribution in [0.5, 0.6) is 0 Å². The van der Waals surface area contributed by atoms with Crippen molar-refractivity contribution in [2.45, 2.75) is 111 Å². The Kier molecular flexibility index (Phi) is 26.7.